The lowest BCUT2D eigenvalue weighted by molar-refractivity contribution is -0.139. The Kier molecular flexibility index (Phi) is 4.50. The first-order valence-electron chi connectivity index (χ1n) is 7.13. The van der Waals surface area contributed by atoms with Crippen molar-refractivity contribution in [3.63, 3.8) is 0 Å². The number of hydrogen-bond acceptors (Lipinski definition) is 3. The van der Waals surface area contributed by atoms with Crippen LogP contribution >= 0.6 is 0 Å². The quantitative estimate of drug-likeness (QED) is 0.778. The van der Waals surface area contributed by atoms with Crippen molar-refractivity contribution in [1.29, 1.82) is 0 Å². The molecule has 116 valence electrons. The molecule has 2 heterocycles. The van der Waals surface area contributed by atoms with Gasteiger partial charge in [-0.15, -0.1) is 0 Å². The van der Waals surface area contributed by atoms with Crippen molar-refractivity contribution < 1.29 is 14.7 Å². The smallest absolute Gasteiger partial charge is 0.326 e. The highest BCUT2D eigenvalue weighted by Crippen LogP contribution is 2.28. The largest absolute Gasteiger partial charge is 0.480 e. The van der Waals surface area contributed by atoms with Crippen LogP contribution in [0.5, 0.6) is 0 Å². The number of carbonyl (C=O) groups excluding carboxylic acids is 1. The molecule has 0 saturated carbocycles. The number of amides is 2. The van der Waals surface area contributed by atoms with Gasteiger partial charge in [0.1, 0.15) is 6.04 Å². The van der Waals surface area contributed by atoms with E-state index in [4.69, 9.17) is 0 Å². The maximum Gasteiger partial charge on any atom is 0.326 e. The summed E-state index contributed by atoms with van der Waals surface area (Å²) in [6, 6.07) is -1.27. The predicted molar refractivity (Wildman–Crippen MR) is 76.8 cm³/mol. The van der Waals surface area contributed by atoms with Crippen LogP contribution in [0.15, 0.2) is 12.5 Å². The maximum atomic E-state index is 12.3. The Balaban J connectivity index is 1.96. The van der Waals surface area contributed by atoms with E-state index >= 15 is 0 Å². The van der Waals surface area contributed by atoms with Crippen LogP contribution in [0.4, 0.5) is 4.79 Å². The minimum atomic E-state index is -1.05. The van der Waals surface area contributed by atoms with Gasteiger partial charge in [-0.1, -0.05) is 13.8 Å². The van der Waals surface area contributed by atoms with Gasteiger partial charge in [0.15, 0.2) is 0 Å². The molecule has 7 heteroatoms. The maximum absolute atomic E-state index is 12.3. The van der Waals surface area contributed by atoms with Crippen LogP contribution in [0.3, 0.4) is 0 Å². The van der Waals surface area contributed by atoms with Gasteiger partial charge in [-0.3, -0.25) is 0 Å². The summed E-state index contributed by atoms with van der Waals surface area (Å²) in [5, 5.41) is 11.9. The van der Waals surface area contributed by atoms with Crippen LogP contribution < -0.4 is 5.32 Å². The Morgan fingerprint density at radius 1 is 1.57 bits per heavy atom. The fourth-order valence-corrected chi connectivity index (χ4v) is 2.65. The number of aliphatic carboxylic acids is 1. The first kappa shape index (κ1) is 15.3. The molecule has 0 aliphatic carbocycles. The zero-order valence-electron chi connectivity index (χ0n) is 12.4. The Labute approximate surface area is 123 Å². The molecule has 1 fully saturated rings. The number of hydrogen-bond donors (Lipinski definition) is 3. The molecule has 0 bridgehead atoms. The summed E-state index contributed by atoms with van der Waals surface area (Å²) >= 11 is 0. The van der Waals surface area contributed by atoms with E-state index in [1.807, 2.05) is 0 Å². The van der Waals surface area contributed by atoms with Crippen LogP contribution in [0.2, 0.25) is 0 Å². The molecule has 0 aromatic carbocycles. The zero-order chi connectivity index (χ0) is 15.5. The first-order chi connectivity index (χ1) is 9.87. The van der Waals surface area contributed by atoms with Crippen molar-refractivity contribution in [3.05, 3.63) is 18.2 Å². The summed E-state index contributed by atoms with van der Waals surface area (Å²) in [6.07, 6.45) is 5.26. The first-order valence-corrected chi connectivity index (χ1v) is 7.13. The standard InChI is InChI=1S/C14H22N4O3/c1-14(2)4-3-5-18(8-14)13(21)17-11(12(19)20)6-10-7-15-9-16-10/h7,9,11H,3-6,8H2,1-2H3,(H,15,16)(H,17,21)(H,19,20)/t11-/m0/s1. The number of aromatic nitrogens is 2. The van der Waals surface area contributed by atoms with E-state index in [0.717, 1.165) is 12.8 Å². The summed E-state index contributed by atoms with van der Waals surface area (Å²) in [5.41, 5.74) is 0.763. The van der Waals surface area contributed by atoms with E-state index < -0.39 is 12.0 Å². The fourth-order valence-electron chi connectivity index (χ4n) is 2.65. The molecule has 0 spiro atoms. The number of imidazole rings is 1. The fraction of sp³-hybridized carbons (Fsp3) is 0.643. The minimum absolute atomic E-state index is 0.0810. The van der Waals surface area contributed by atoms with Gasteiger partial charge in [-0.2, -0.15) is 0 Å². The van der Waals surface area contributed by atoms with Crippen LogP contribution in [-0.2, 0) is 11.2 Å². The zero-order valence-corrected chi connectivity index (χ0v) is 12.4. The molecular formula is C14H22N4O3. The third-order valence-corrected chi connectivity index (χ3v) is 3.76. The van der Waals surface area contributed by atoms with Crippen LogP contribution in [0.1, 0.15) is 32.4 Å². The summed E-state index contributed by atoms with van der Waals surface area (Å²) in [5.74, 6) is -1.05. The highest BCUT2D eigenvalue weighted by Gasteiger charge is 2.31. The number of nitrogens with zero attached hydrogens (tertiary/aromatic N) is 2. The Bertz CT molecular complexity index is 498. The molecule has 1 aliphatic rings. The van der Waals surface area contributed by atoms with Crippen molar-refractivity contribution in [2.45, 2.75) is 39.2 Å². The predicted octanol–water partition coefficient (Wildman–Crippen LogP) is 1.24. The number of rotatable bonds is 4. The molecule has 1 aromatic rings. The summed E-state index contributed by atoms with van der Waals surface area (Å²) in [4.78, 5) is 32.0. The number of likely N-dealkylation sites (tertiary alicyclic amines) is 1. The number of H-pyrrole nitrogens is 1. The van der Waals surface area contributed by atoms with Crippen molar-refractivity contribution in [1.82, 2.24) is 20.2 Å². The van der Waals surface area contributed by atoms with Crippen molar-refractivity contribution in [3.8, 4) is 0 Å². The molecule has 2 rings (SSSR count). The number of urea groups is 1. The second kappa shape index (κ2) is 6.15. The lowest BCUT2D eigenvalue weighted by Gasteiger charge is -2.38. The molecule has 2 amide bonds. The molecule has 7 nitrogen and oxygen atoms in total. The highest BCUT2D eigenvalue weighted by atomic mass is 16.4. The monoisotopic (exact) mass is 294 g/mol. The summed E-state index contributed by atoms with van der Waals surface area (Å²) in [6.45, 7) is 5.55. The topological polar surface area (TPSA) is 98.3 Å². The van der Waals surface area contributed by atoms with Gasteiger partial charge in [0.05, 0.1) is 6.33 Å². The average Bonchev–Trinajstić information content (AvgIpc) is 2.89. The van der Waals surface area contributed by atoms with Gasteiger partial charge in [0.2, 0.25) is 0 Å². The molecule has 3 N–H and O–H groups in total. The number of nitrogens with one attached hydrogen (secondary N) is 2. The highest BCUT2D eigenvalue weighted by molar-refractivity contribution is 5.82. The van der Waals surface area contributed by atoms with E-state index in [-0.39, 0.29) is 17.9 Å². The lowest BCUT2D eigenvalue weighted by atomic mass is 9.84. The molecule has 0 radical (unpaired) electrons. The van der Waals surface area contributed by atoms with Crippen molar-refractivity contribution in [2.75, 3.05) is 13.1 Å². The van der Waals surface area contributed by atoms with Gasteiger partial charge in [0.25, 0.3) is 0 Å². The van der Waals surface area contributed by atoms with E-state index in [2.05, 4.69) is 29.1 Å². The number of carboxylic acids is 1. The van der Waals surface area contributed by atoms with E-state index in [1.54, 1.807) is 11.1 Å². The van der Waals surface area contributed by atoms with Gasteiger partial charge in [0, 0.05) is 31.4 Å². The number of carbonyl (C=O) groups is 2. The summed E-state index contributed by atoms with van der Waals surface area (Å²) in [7, 11) is 0. The van der Waals surface area contributed by atoms with Crippen LogP contribution in [0, 0.1) is 5.41 Å². The molecule has 21 heavy (non-hydrogen) atoms. The number of aromatic amines is 1. The Morgan fingerprint density at radius 2 is 2.33 bits per heavy atom. The average molecular weight is 294 g/mol. The third-order valence-electron chi connectivity index (χ3n) is 3.76. The molecule has 1 aromatic heterocycles. The second-order valence-electron chi connectivity index (χ2n) is 6.31. The lowest BCUT2D eigenvalue weighted by Crippen LogP contribution is -2.52. The van der Waals surface area contributed by atoms with E-state index in [0.29, 0.717) is 18.8 Å². The van der Waals surface area contributed by atoms with Crippen LogP contribution in [-0.4, -0.2) is 51.1 Å². The third kappa shape index (κ3) is 4.21. The normalized spacial score (nSPS) is 19.0. The summed E-state index contributed by atoms with van der Waals surface area (Å²) < 4.78 is 0. The van der Waals surface area contributed by atoms with Gasteiger partial charge >= 0.3 is 12.0 Å². The van der Waals surface area contributed by atoms with Gasteiger partial charge in [-0.25, -0.2) is 14.6 Å². The van der Waals surface area contributed by atoms with Gasteiger partial charge < -0.3 is 20.3 Å². The van der Waals surface area contributed by atoms with Gasteiger partial charge in [-0.05, 0) is 18.3 Å². The SMILES string of the molecule is CC1(C)CCCN(C(=O)N[C@@H](Cc2cnc[nH]2)C(=O)O)C1. The Hall–Kier alpha value is -2.05. The molecule has 1 saturated heterocycles. The number of piperidine rings is 1. The Morgan fingerprint density at radius 3 is 2.90 bits per heavy atom. The van der Waals surface area contributed by atoms with Crippen molar-refractivity contribution >= 4 is 12.0 Å². The van der Waals surface area contributed by atoms with Crippen LogP contribution in [0.25, 0.3) is 0 Å². The molecular weight excluding hydrogens is 272 g/mol. The molecule has 1 atom stereocenters. The second-order valence-corrected chi connectivity index (χ2v) is 6.31. The molecule has 1 aliphatic heterocycles. The minimum Gasteiger partial charge on any atom is -0.480 e. The molecule has 0 unspecified atom stereocenters. The van der Waals surface area contributed by atoms with Crippen molar-refractivity contribution in [2.24, 2.45) is 5.41 Å². The van der Waals surface area contributed by atoms with E-state index in [1.165, 1.54) is 6.33 Å². The number of carboxylic acid groups (broad SMARTS) is 1. The van der Waals surface area contributed by atoms with E-state index in [9.17, 15) is 14.7 Å².